The summed E-state index contributed by atoms with van der Waals surface area (Å²) in [5.74, 6) is 0. The maximum Gasteiger partial charge on any atom is 0.176 e. The molecule has 0 unspecified atom stereocenters. The molecule has 0 saturated carbocycles. The Hall–Kier alpha value is -0.750. The second kappa shape index (κ2) is 3.43. The summed E-state index contributed by atoms with van der Waals surface area (Å²) >= 11 is 0. The van der Waals surface area contributed by atoms with Crippen molar-refractivity contribution in [2.75, 3.05) is 19.6 Å². The fourth-order valence-electron chi connectivity index (χ4n) is 1.25. The molecule has 1 saturated heterocycles. The first kappa shape index (κ1) is 7.36. The van der Waals surface area contributed by atoms with Crippen LogP contribution in [0.5, 0.6) is 0 Å². The van der Waals surface area contributed by atoms with E-state index in [-0.39, 0.29) is 0 Å². The van der Waals surface area contributed by atoms with Gasteiger partial charge in [-0.1, -0.05) is 6.92 Å². The van der Waals surface area contributed by atoms with E-state index in [0.29, 0.717) is 6.04 Å². The van der Waals surface area contributed by atoms with Crippen molar-refractivity contribution < 1.29 is 0 Å². The summed E-state index contributed by atoms with van der Waals surface area (Å²) in [4.78, 5) is 2.34. The van der Waals surface area contributed by atoms with Gasteiger partial charge in [0.2, 0.25) is 0 Å². The Morgan fingerprint density at radius 1 is 1.70 bits per heavy atom. The molecule has 0 bridgehead atoms. The lowest BCUT2D eigenvalue weighted by atomic mass is 10.1. The molecule has 3 heteroatoms. The summed E-state index contributed by atoms with van der Waals surface area (Å²) in [6, 6.07) is 0.427. The molecule has 1 rings (SSSR count). The van der Waals surface area contributed by atoms with Crippen molar-refractivity contribution in [3.05, 3.63) is 0 Å². The van der Waals surface area contributed by atoms with Crippen molar-refractivity contribution in [2.45, 2.75) is 19.4 Å². The fourth-order valence-corrected chi connectivity index (χ4v) is 1.25. The van der Waals surface area contributed by atoms with Gasteiger partial charge in [-0.15, -0.1) is 0 Å². The predicted octanol–water partition coefficient (Wildman–Crippen LogP) is 0.151. The highest BCUT2D eigenvalue weighted by atomic mass is 15.2. The summed E-state index contributed by atoms with van der Waals surface area (Å²) in [6.07, 6.45) is 3.16. The predicted molar refractivity (Wildman–Crippen MR) is 39.3 cm³/mol. The molecule has 1 aliphatic rings. The van der Waals surface area contributed by atoms with Crippen molar-refractivity contribution in [3.8, 4) is 6.19 Å². The molecule has 56 valence electrons. The van der Waals surface area contributed by atoms with E-state index in [0.717, 1.165) is 13.1 Å². The van der Waals surface area contributed by atoms with Crippen LogP contribution in [0.2, 0.25) is 0 Å². The van der Waals surface area contributed by atoms with Gasteiger partial charge in [-0.2, -0.15) is 5.26 Å². The SMILES string of the molecule is CCCN1CC(NC#N)C1. The molecule has 0 aromatic heterocycles. The van der Waals surface area contributed by atoms with Gasteiger partial charge in [0.25, 0.3) is 0 Å². The molecule has 0 aromatic rings. The lowest BCUT2D eigenvalue weighted by molar-refractivity contribution is 0.137. The van der Waals surface area contributed by atoms with Crippen LogP contribution in [0.25, 0.3) is 0 Å². The normalized spacial score (nSPS) is 19.6. The molecule has 1 heterocycles. The van der Waals surface area contributed by atoms with Crippen molar-refractivity contribution in [3.63, 3.8) is 0 Å². The molecule has 0 radical (unpaired) electrons. The monoisotopic (exact) mass is 139 g/mol. The summed E-state index contributed by atoms with van der Waals surface area (Å²) in [5.41, 5.74) is 0. The van der Waals surface area contributed by atoms with E-state index in [1.165, 1.54) is 13.0 Å². The number of hydrogen-bond acceptors (Lipinski definition) is 3. The van der Waals surface area contributed by atoms with Crippen LogP contribution in [0, 0.1) is 11.5 Å². The Morgan fingerprint density at radius 3 is 2.90 bits per heavy atom. The summed E-state index contributed by atoms with van der Waals surface area (Å²) in [7, 11) is 0. The number of hydrogen-bond donors (Lipinski definition) is 1. The molecule has 0 atom stereocenters. The molecule has 0 aliphatic carbocycles. The third-order valence-corrected chi connectivity index (χ3v) is 1.77. The summed E-state index contributed by atoms with van der Waals surface area (Å²) in [6.45, 7) is 5.43. The lowest BCUT2D eigenvalue weighted by Gasteiger charge is -2.37. The minimum absolute atomic E-state index is 0.427. The number of nitriles is 1. The molecule has 0 amide bonds. The van der Waals surface area contributed by atoms with E-state index in [9.17, 15) is 0 Å². The third-order valence-electron chi connectivity index (χ3n) is 1.77. The highest BCUT2D eigenvalue weighted by Gasteiger charge is 2.24. The standard InChI is InChI=1S/C7H13N3/c1-2-3-10-4-7(5-10)9-6-8/h7,9H,2-5H2,1H3. The number of likely N-dealkylation sites (tertiary alicyclic amines) is 1. The zero-order chi connectivity index (χ0) is 7.40. The Kier molecular flexibility index (Phi) is 2.52. The zero-order valence-corrected chi connectivity index (χ0v) is 6.30. The molecular weight excluding hydrogens is 126 g/mol. The second-order valence-corrected chi connectivity index (χ2v) is 2.71. The highest BCUT2D eigenvalue weighted by molar-refractivity contribution is 4.89. The van der Waals surface area contributed by atoms with Crippen LogP contribution in [0.4, 0.5) is 0 Å². The van der Waals surface area contributed by atoms with Gasteiger partial charge >= 0.3 is 0 Å². The van der Waals surface area contributed by atoms with Gasteiger partial charge in [-0.25, -0.2) is 0 Å². The first-order chi connectivity index (χ1) is 4.86. The van der Waals surface area contributed by atoms with Crippen LogP contribution >= 0.6 is 0 Å². The van der Waals surface area contributed by atoms with Crippen LogP contribution in [0.1, 0.15) is 13.3 Å². The minimum atomic E-state index is 0.427. The molecule has 3 nitrogen and oxygen atoms in total. The smallest absolute Gasteiger partial charge is 0.176 e. The van der Waals surface area contributed by atoms with Crippen LogP contribution in [-0.2, 0) is 0 Å². The van der Waals surface area contributed by atoms with E-state index >= 15 is 0 Å². The van der Waals surface area contributed by atoms with E-state index in [1.54, 1.807) is 0 Å². The minimum Gasteiger partial charge on any atom is -0.318 e. The average molecular weight is 139 g/mol. The molecule has 0 aromatic carbocycles. The molecule has 1 aliphatic heterocycles. The fraction of sp³-hybridized carbons (Fsp3) is 0.857. The van der Waals surface area contributed by atoms with Gasteiger partial charge in [-0.05, 0) is 13.0 Å². The summed E-state index contributed by atoms with van der Waals surface area (Å²) < 4.78 is 0. The molecule has 1 N–H and O–H groups in total. The van der Waals surface area contributed by atoms with Crippen molar-refractivity contribution in [1.29, 1.82) is 5.26 Å². The van der Waals surface area contributed by atoms with Crippen molar-refractivity contribution in [2.24, 2.45) is 0 Å². The summed E-state index contributed by atoms with van der Waals surface area (Å²) in [5, 5.41) is 11.0. The van der Waals surface area contributed by atoms with Crippen LogP contribution in [0.15, 0.2) is 0 Å². The Labute approximate surface area is 61.6 Å². The van der Waals surface area contributed by atoms with E-state index in [2.05, 4.69) is 17.1 Å². The van der Waals surface area contributed by atoms with Gasteiger partial charge in [0, 0.05) is 13.1 Å². The Bertz CT molecular complexity index is 132. The quantitative estimate of drug-likeness (QED) is 0.447. The second-order valence-electron chi connectivity index (χ2n) is 2.71. The van der Waals surface area contributed by atoms with E-state index in [4.69, 9.17) is 5.26 Å². The van der Waals surface area contributed by atoms with Gasteiger partial charge < -0.3 is 5.32 Å². The molecule has 1 fully saturated rings. The molecule has 0 spiro atoms. The molecular formula is C7H13N3. The maximum absolute atomic E-state index is 8.24. The zero-order valence-electron chi connectivity index (χ0n) is 6.30. The lowest BCUT2D eigenvalue weighted by Crippen LogP contribution is -2.56. The van der Waals surface area contributed by atoms with E-state index < -0.39 is 0 Å². The number of nitrogens with zero attached hydrogens (tertiary/aromatic N) is 2. The van der Waals surface area contributed by atoms with Gasteiger partial charge in [0.15, 0.2) is 6.19 Å². The Morgan fingerprint density at radius 2 is 2.40 bits per heavy atom. The van der Waals surface area contributed by atoms with E-state index in [1.807, 2.05) is 6.19 Å². The van der Waals surface area contributed by atoms with Crippen molar-refractivity contribution >= 4 is 0 Å². The first-order valence-electron chi connectivity index (χ1n) is 3.73. The van der Waals surface area contributed by atoms with Gasteiger partial charge in [-0.3, -0.25) is 4.90 Å². The molecule has 10 heavy (non-hydrogen) atoms. The average Bonchev–Trinajstić information content (AvgIpc) is 1.84. The topological polar surface area (TPSA) is 39.1 Å². The third kappa shape index (κ3) is 1.61. The van der Waals surface area contributed by atoms with Gasteiger partial charge in [0.05, 0.1) is 6.04 Å². The van der Waals surface area contributed by atoms with Crippen molar-refractivity contribution in [1.82, 2.24) is 10.2 Å². The first-order valence-corrected chi connectivity index (χ1v) is 3.73. The van der Waals surface area contributed by atoms with Gasteiger partial charge in [0.1, 0.15) is 0 Å². The van der Waals surface area contributed by atoms with Crippen LogP contribution in [0.3, 0.4) is 0 Å². The van der Waals surface area contributed by atoms with Crippen LogP contribution < -0.4 is 5.32 Å². The highest BCUT2D eigenvalue weighted by Crippen LogP contribution is 2.06. The Balaban J connectivity index is 2.02. The maximum atomic E-state index is 8.24. The number of nitrogens with one attached hydrogen (secondary N) is 1. The number of rotatable bonds is 3. The van der Waals surface area contributed by atoms with Crippen LogP contribution in [-0.4, -0.2) is 30.6 Å². The largest absolute Gasteiger partial charge is 0.318 e.